The topological polar surface area (TPSA) is 24.5 Å². The zero-order valence-corrected chi connectivity index (χ0v) is 15.7. The van der Waals surface area contributed by atoms with E-state index in [9.17, 15) is 4.39 Å². The van der Waals surface area contributed by atoms with Gasteiger partial charge in [0.1, 0.15) is 5.82 Å². The van der Waals surface area contributed by atoms with Crippen LogP contribution in [0.1, 0.15) is 24.2 Å². The molecule has 0 saturated carbocycles. The zero-order chi connectivity index (χ0) is 18.1. The summed E-state index contributed by atoms with van der Waals surface area (Å²) in [5.41, 5.74) is 3.63. The van der Waals surface area contributed by atoms with E-state index in [2.05, 4.69) is 29.3 Å². The second-order valence-corrected chi connectivity index (χ2v) is 7.66. The van der Waals surface area contributed by atoms with Crippen molar-refractivity contribution in [1.82, 2.24) is 5.32 Å². The maximum absolute atomic E-state index is 13.2. The zero-order valence-electron chi connectivity index (χ0n) is 14.9. The van der Waals surface area contributed by atoms with Crippen LogP contribution in [0.2, 0.25) is 5.02 Å². The lowest BCUT2D eigenvalue weighted by atomic mass is 9.85. The van der Waals surface area contributed by atoms with Crippen molar-refractivity contribution in [3.05, 3.63) is 64.4 Å². The van der Waals surface area contributed by atoms with E-state index in [1.54, 1.807) is 0 Å². The summed E-state index contributed by atoms with van der Waals surface area (Å²) in [5.74, 6) is 0.123. The summed E-state index contributed by atoms with van der Waals surface area (Å²) in [4.78, 5) is 2.32. The van der Waals surface area contributed by atoms with Crippen LogP contribution in [0.4, 0.5) is 10.1 Å². The van der Waals surface area contributed by atoms with Crippen LogP contribution in [-0.4, -0.2) is 32.3 Å². The molecule has 3 unspecified atom stereocenters. The lowest BCUT2D eigenvalue weighted by Crippen LogP contribution is -2.54. The molecule has 0 radical (unpaired) electrons. The van der Waals surface area contributed by atoms with Gasteiger partial charge in [-0.05, 0) is 53.9 Å². The van der Waals surface area contributed by atoms with Crippen molar-refractivity contribution >= 4 is 17.3 Å². The van der Waals surface area contributed by atoms with Gasteiger partial charge in [0.15, 0.2) is 0 Å². The highest BCUT2D eigenvalue weighted by Gasteiger charge is 2.33. The van der Waals surface area contributed by atoms with E-state index in [1.807, 2.05) is 18.2 Å². The number of anilines is 1. The molecule has 0 aliphatic carbocycles. The van der Waals surface area contributed by atoms with Crippen molar-refractivity contribution in [1.29, 1.82) is 0 Å². The molecule has 26 heavy (non-hydrogen) atoms. The third-order valence-electron chi connectivity index (χ3n) is 5.59. The molecule has 3 atom stereocenters. The Morgan fingerprint density at radius 3 is 2.85 bits per heavy atom. The molecule has 0 spiro atoms. The number of hydrogen-bond donors (Lipinski definition) is 1. The van der Waals surface area contributed by atoms with Gasteiger partial charge in [-0.15, -0.1) is 0 Å². The summed E-state index contributed by atoms with van der Waals surface area (Å²) in [6.07, 6.45) is 0.987. The number of ether oxygens (including phenoxy) is 1. The first kappa shape index (κ1) is 17.8. The maximum atomic E-state index is 13.2. The summed E-state index contributed by atoms with van der Waals surface area (Å²) in [6, 6.07) is 13.2. The number of piperazine rings is 1. The molecule has 3 nitrogen and oxygen atoms in total. The Hall–Kier alpha value is -1.62. The molecule has 1 saturated heterocycles. The second kappa shape index (κ2) is 7.55. The van der Waals surface area contributed by atoms with Crippen molar-refractivity contribution < 1.29 is 9.13 Å². The second-order valence-electron chi connectivity index (χ2n) is 7.23. The van der Waals surface area contributed by atoms with Gasteiger partial charge in [0.2, 0.25) is 0 Å². The van der Waals surface area contributed by atoms with E-state index in [4.69, 9.17) is 16.3 Å². The highest BCUT2D eigenvalue weighted by atomic mass is 35.5. The first-order valence-corrected chi connectivity index (χ1v) is 9.63. The summed E-state index contributed by atoms with van der Waals surface area (Å²) in [7, 11) is 0. The number of fused-ring (bicyclic) bond motifs is 1. The van der Waals surface area contributed by atoms with Gasteiger partial charge in [-0.25, -0.2) is 4.39 Å². The minimum absolute atomic E-state index is 0.0710. The third kappa shape index (κ3) is 3.59. The number of nitrogens with zero attached hydrogens (tertiary/aromatic N) is 1. The molecule has 0 aromatic heterocycles. The van der Waals surface area contributed by atoms with Gasteiger partial charge in [0.25, 0.3) is 0 Å². The van der Waals surface area contributed by atoms with Crippen LogP contribution < -0.4 is 10.2 Å². The van der Waals surface area contributed by atoms with Crippen molar-refractivity contribution in [2.24, 2.45) is 5.92 Å². The predicted octanol–water partition coefficient (Wildman–Crippen LogP) is 4.21. The standard InChI is InChI=1S/C21H24ClFN2O/c1-14(21-19-7-2-16(22)12-15(19)8-11-26-21)20-13-25(10-9-24-20)18-5-3-17(23)4-6-18/h2-7,12,14,20-21,24H,8-11,13H2,1H3. The Morgan fingerprint density at radius 2 is 2.04 bits per heavy atom. The molecular formula is C21H24ClFN2O. The first-order chi connectivity index (χ1) is 12.6. The van der Waals surface area contributed by atoms with E-state index in [-0.39, 0.29) is 11.9 Å². The molecule has 4 rings (SSSR count). The van der Waals surface area contributed by atoms with Gasteiger partial charge >= 0.3 is 0 Å². The highest BCUT2D eigenvalue weighted by molar-refractivity contribution is 6.30. The maximum Gasteiger partial charge on any atom is 0.123 e. The first-order valence-electron chi connectivity index (χ1n) is 9.25. The van der Waals surface area contributed by atoms with E-state index >= 15 is 0 Å². The summed E-state index contributed by atoms with van der Waals surface area (Å²) < 4.78 is 19.4. The van der Waals surface area contributed by atoms with Crippen LogP contribution in [0.15, 0.2) is 42.5 Å². The van der Waals surface area contributed by atoms with Gasteiger partial charge in [0, 0.05) is 42.3 Å². The molecule has 2 aliphatic rings. The average molecular weight is 375 g/mol. The van der Waals surface area contributed by atoms with Crippen LogP contribution in [0.25, 0.3) is 0 Å². The fourth-order valence-electron chi connectivity index (χ4n) is 4.12. The molecule has 0 bridgehead atoms. The Kier molecular flexibility index (Phi) is 5.16. The number of halogens is 2. The lowest BCUT2D eigenvalue weighted by molar-refractivity contribution is -0.00538. The fraction of sp³-hybridized carbons (Fsp3) is 0.429. The highest BCUT2D eigenvalue weighted by Crippen LogP contribution is 2.36. The summed E-state index contributed by atoms with van der Waals surface area (Å²) >= 11 is 6.16. The van der Waals surface area contributed by atoms with Gasteiger partial charge in [-0.3, -0.25) is 0 Å². The largest absolute Gasteiger partial charge is 0.373 e. The van der Waals surface area contributed by atoms with Gasteiger partial charge in [0.05, 0.1) is 12.7 Å². The monoisotopic (exact) mass is 374 g/mol. The van der Waals surface area contributed by atoms with E-state index < -0.39 is 0 Å². The molecule has 2 aromatic rings. The van der Waals surface area contributed by atoms with Gasteiger partial charge in [-0.1, -0.05) is 24.6 Å². The molecule has 2 aliphatic heterocycles. The van der Waals surface area contributed by atoms with Crippen LogP contribution in [0.3, 0.4) is 0 Å². The Morgan fingerprint density at radius 1 is 1.23 bits per heavy atom. The molecule has 2 heterocycles. The summed E-state index contributed by atoms with van der Waals surface area (Å²) in [5, 5.41) is 4.44. The summed E-state index contributed by atoms with van der Waals surface area (Å²) in [6.45, 7) is 5.70. The normalized spacial score (nSPS) is 24.2. The molecule has 1 fully saturated rings. The molecule has 1 N–H and O–H groups in total. The van der Waals surface area contributed by atoms with Crippen LogP contribution >= 0.6 is 11.6 Å². The van der Waals surface area contributed by atoms with E-state index in [1.165, 1.54) is 23.3 Å². The lowest BCUT2D eigenvalue weighted by Gasteiger charge is -2.41. The number of benzene rings is 2. The fourth-order valence-corrected chi connectivity index (χ4v) is 4.31. The van der Waals surface area contributed by atoms with Gasteiger partial charge in [-0.2, -0.15) is 0 Å². The van der Waals surface area contributed by atoms with Crippen molar-refractivity contribution in [2.45, 2.75) is 25.5 Å². The Labute approximate surface area is 159 Å². The molecule has 138 valence electrons. The Balaban J connectivity index is 1.51. The van der Waals surface area contributed by atoms with Crippen molar-refractivity contribution in [3.8, 4) is 0 Å². The predicted molar refractivity (Wildman–Crippen MR) is 103 cm³/mol. The van der Waals surface area contributed by atoms with Crippen molar-refractivity contribution in [3.63, 3.8) is 0 Å². The molecule has 2 aromatic carbocycles. The average Bonchev–Trinajstić information content (AvgIpc) is 2.67. The molecule has 5 heteroatoms. The third-order valence-corrected chi connectivity index (χ3v) is 5.82. The van der Waals surface area contributed by atoms with Gasteiger partial charge < -0.3 is 15.0 Å². The minimum atomic E-state index is -0.195. The quantitative estimate of drug-likeness (QED) is 0.871. The van der Waals surface area contributed by atoms with Crippen LogP contribution in [0.5, 0.6) is 0 Å². The number of hydrogen-bond acceptors (Lipinski definition) is 3. The number of rotatable bonds is 3. The minimum Gasteiger partial charge on any atom is -0.373 e. The van der Waals surface area contributed by atoms with Crippen LogP contribution in [0, 0.1) is 11.7 Å². The SMILES string of the molecule is CC(C1CN(c2ccc(F)cc2)CCN1)C1OCCc2cc(Cl)ccc21. The van der Waals surface area contributed by atoms with E-state index in [0.29, 0.717) is 12.0 Å². The Bertz CT molecular complexity index is 767. The van der Waals surface area contributed by atoms with Crippen LogP contribution in [-0.2, 0) is 11.2 Å². The smallest absolute Gasteiger partial charge is 0.123 e. The molecule has 0 amide bonds. The number of nitrogens with one attached hydrogen (secondary N) is 1. The van der Waals surface area contributed by atoms with E-state index in [0.717, 1.165) is 43.4 Å². The molecular weight excluding hydrogens is 351 g/mol. The van der Waals surface area contributed by atoms with Crippen molar-refractivity contribution in [2.75, 3.05) is 31.1 Å².